The lowest BCUT2D eigenvalue weighted by atomic mass is 9.33. The molecule has 0 bridgehead atoms. The molecule has 5 aromatic rings. The first-order valence-electron chi connectivity index (χ1n) is 12.3. The van der Waals surface area contributed by atoms with Crippen LogP contribution in [0, 0.1) is 13.8 Å². The van der Waals surface area contributed by atoms with Crippen molar-refractivity contribution in [3.8, 4) is 0 Å². The van der Waals surface area contributed by atoms with E-state index in [1.54, 1.807) is 0 Å². The van der Waals surface area contributed by atoms with Crippen LogP contribution in [0.25, 0.3) is 0 Å². The van der Waals surface area contributed by atoms with Crippen molar-refractivity contribution in [2.75, 3.05) is 9.80 Å². The molecule has 0 amide bonds. The van der Waals surface area contributed by atoms with Crippen molar-refractivity contribution in [3.05, 3.63) is 126 Å². The number of aryl methyl sites for hydroxylation is 2. The Morgan fingerprint density at radius 3 is 1.60 bits per heavy atom. The highest BCUT2D eigenvalue weighted by Crippen LogP contribution is 2.44. The van der Waals surface area contributed by atoms with Crippen molar-refractivity contribution in [2.24, 2.45) is 0 Å². The van der Waals surface area contributed by atoms with E-state index in [0.717, 1.165) is 0 Å². The number of anilines is 6. The van der Waals surface area contributed by atoms with Crippen molar-refractivity contribution in [2.45, 2.75) is 13.8 Å². The quantitative estimate of drug-likeness (QED) is 0.283. The average Bonchev–Trinajstić information content (AvgIpc) is 2.90. The second-order valence-electron chi connectivity index (χ2n) is 9.51. The predicted octanol–water partition coefficient (Wildman–Crippen LogP) is 6.39. The summed E-state index contributed by atoms with van der Waals surface area (Å²) in [6.07, 6.45) is 0. The van der Waals surface area contributed by atoms with E-state index in [2.05, 4.69) is 139 Å². The van der Waals surface area contributed by atoms with Crippen LogP contribution in [0.2, 0.25) is 0 Å². The molecule has 2 aliphatic rings. The summed E-state index contributed by atoms with van der Waals surface area (Å²) in [7, 11) is 0. The zero-order valence-corrected chi connectivity index (χ0v) is 19.9. The molecule has 7 rings (SSSR count). The Morgan fingerprint density at radius 2 is 0.943 bits per heavy atom. The maximum atomic E-state index is 2.49. The minimum atomic E-state index is 0.189. The number of rotatable bonds is 2. The molecule has 0 fully saturated rings. The van der Waals surface area contributed by atoms with Gasteiger partial charge in [0.2, 0.25) is 0 Å². The Kier molecular flexibility index (Phi) is 4.40. The molecule has 2 aliphatic heterocycles. The van der Waals surface area contributed by atoms with E-state index in [1.807, 2.05) is 0 Å². The molecule has 0 saturated carbocycles. The van der Waals surface area contributed by atoms with Gasteiger partial charge in [-0.1, -0.05) is 78.9 Å². The number of hydrogen-bond acceptors (Lipinski definition) is 2. The average molecular weight is 448 g/mol. The van der Waals surface area contributed by atoms with Crippen LogP contribution < -0.4 is 26.2 Å². The molecule has 3 heteroatoms. The SMILES string of the molecule is Cc1cccc(C)c1N1c2ccccc2B2c3ccccc3N(c3ccccc3)c3cccc1c32. The number of hydrogen-bond donors (Lipinski definition) is 0. The standard InChI is InChI=1S/C32H25BN2/c1-22-12-10-13-23(2)32(22)35-28-19-9-7-17-26(28)33-25-16-6-8-18-27(25)34(24-14-4-3-5-15-24)29-20-11-21-30(35)31(29)33/h3-21H,1-2H3. The molecule has 0 aliphatic carbocycles. The van der Waals surface area contributed by atoms with Crippen LogP contribution in [0.4, 0.5) is 34.1 Å². The van der Waals surface area contributed by atoms with Crippen LogP contribution in [0.1, 0.15) is 11.1 Å². The molecule has 5 aromatic carbocycles. The van der Waals surface area contributed by atoms with E-state index in [-0.39, 0.29) is 6.71 Å². The molecule has 0 spiro atoms. The van der Waals surface area contributed by atoms with E-state index in [9.17, 15) is 0 Å². The van der Waals surface area contributed by atoms with Crippen LogP contribution in [0.5, 0.6) is 0 Å². The Labute approximate surface area is 207 Å². The van der Waals surface area contributed by atoms with Crippen molar-refractivity contribution >= 4 is 57.2 Å². The van der Waals surface area contributed by atoms with Gasteiger partial charge in [-0.2, -0.15) is 0 Å². The highest BCUT2D eigenvalue weighted by atomic mass is 15.2. The lowest BCUT2D eigenvalue weighted by molar-refractivity contribution is 1.21. The van der Waals surface area contributed by atoms with Gasteiger partial charge >= 0.3 is 0 Å². The Morgan fingerprint density at radius 1 is 0.457 bits per heavy atom. The summed E-state index contributed by atoms with van der Waals surface area (Å²) < 4.78 is 0. The van der Waals surface area contributed by atoms with Gasteiger partial charge < -0.3 is 9.80 Å². The topological polar surface area (TPSA) is 6.48 Å². The normalized spacial score (nSPS) is 13.3. The highest BCUT2D eigenvalue weighted by molar-refractivity contribution is 7.00. The fourth-order valence-corrected chi connectivity index (χ4v) is 6.09. The fourth-order valence-electron chi connectivity index (χ4n) is 6.09. The molecule has 35 heavy (non-hydrogen) atoms. The third-order valence-electron chi connectivity index (χ3n) is 7.49. The first-order valence-corrected chi connectivity index (χ1v) is 12.3. The third kappa shape index (κ3) is 2.85. The number of para-hydroxylation sites is 4. The van der Waals surface area contributed by atoms with Gasteiger partial charge in [-0.3, -0.25) is 0 Å². The minimum absolute atomic E-state index is 0.189. The Balaban J connectivity index is 1.59. The molecule has 0 atom stereocenters. The molecule has 0 unspecified atom stereocenters. The number of benzene rings is 5. The summed E-state index contributed by atoms with van der Waals surface area (Å²) in [4.78, 5) is 4.92. The second kappa shape index (κ2) is 7.64. The molecule has 2 heterocycles. The van der Waals surface area contributed by atoms with Gasteiger partial charge in [0.25, 0.3) is 6.71 Å². The lowest BCUT2D eigenvalue weighted by Crippen LogP contribution is -2.61. The van der Waals surface area contributed by atoms with Crippen LogP contribution in [0.3, 0.4) is 0 Å². The van der Waals surface area contributed by atoms with Crippen molar-refractivity contribution in [1.29, 1.82) is 0 Å². The van der Waals surface area contributed by atoms with Gasteiger partial charge in [0.15, 0.2) is 0 Å². The third-order valence-corrected chi connectivity index (χ3v) is 7.49. The number of nitrogens with zero attached hydrogens (tertiary/aromatic N) is 2. The molecule has 0 saturated heterocycles. The van der Waals surface area contributed by atoms with Crippen molar-refractivity contribution in [3.63, 3.8) is 0 Å². The van der Waals surface area contributed by atoms with Crippen LogP contribution in [-0.4, -0.2) is 6.71 Å². The molecule has 0 N–H and O–H groups in total. The maximum Gasteiger partial charge on any atom is 0.252 e. The second-order valence-corrected chi connectivity index (χ2v) is 9.51. The van der Waals surface area contributed by atoms with E-state index < -0.39 is 0 Å². The molecule has 0 radical (unpaired) electrons. The lowest BCUT2D eigenvalue weighted by Gasteiger charge is -2.44. The minimum Gasteiger partial charge on any atom is -0.311 e. The zero-order chi connectivity index (χ0) is 23.5. The fraction of sp³-hybridized carbons (Fsp3) is 0.0625. The molecular formula is C32H25BN2. The summed E-state index contributed by atoms with van der Waals surface area (Å²) in [6.45, 7) is 4.63. The predicted molar refractivity (Wildman–Crippen MR) is 150 cm³/mol. The monoisotopic (exact) mass is 448 g/mol. The summed E-state index contributed by atoms with van der Waals surface area (Å²) in [5, 5.41) is 0. The van der Waals surface area contributed by atoms with Gasteiger partial charge in [-0.05, 0) is 77.8 Å². The maximum absolute atomic E-state index is 2.49. The molecule has 166 valence electrons. The Hall–Kier alpha value is -4.24. The van der Waals surface area contributed by atoms with Gasteiger partial charge in [0, 0.05) is 28.4 Å². The van der Waals surface area contributed by atoms with E-state index in [0.29, 0.717) is 0 Å². The highest BCUT2D eigenvalue weighted by Gasteiger charge is 2.42. The van der Waals surface area contributed by atoms with Gasteiger partial charge in [0.05, 0.1) is 5.69 Å². The first kappa shape index (κ1) is 20.2. The smallest absolute Gasteiger partial charge is 0.252 e. The van der Waals surface area contributed by atoms with Crippen molar-refractivity contribution < 1.29 is 0 Å². The summed E-state index contributed by atoms with van der Waals surface area (Å²) in [5.41, 5.74) is 14.1. The van der Waals surface area contributed by atoms with Crippen LogP contribution in [-0.2, 0) is 0 Å². The molecule has 2 nitrogen and oxygen atoms in total. The zero-order valence-electron chi connectivity index (χ0n) is 19.9. The summed E-state index contributed by atoms with van der Waals surface area (Å²) >= 11 is 0. The molecule has 0 aromatic heterocycles. The number of fused-ring (bicyclic) bond motifs is 4. The van der Waals surface area contributed by atoms with E-state index in [1.165, 1.54) is 61.6 Å². The van der Waals surface area contributed by atoms with Crippen LogP contribution in [0.15, 0.2) is 115 Å². The first-order chi connectivity index (χ1) is 17.2. The summed E-state index contributed by atoms with van der Waals surface area (Å²) in [6, 6.07) is 42.0. The molecular weight excluding hydrogens is 423 g/mol. The van der Waals surface area contributed by atoms with Gasteiger partial charge in [-0.15, -0.1) is 0 Å². The van der Waals surface area contributed by atoms with E-state index >= 15 is 0 Å². The van der Waals surface area contributed by atoms with Gasteiger partial charge in [0.1, 0.15) is 0 Å². The van der Waals surface area contributed by atoms with Crippen LogP contribution >= 0.6 is 0 Å². The summed E-state index contributed by atoms with van der Waals surface area (Å²) in [5.74, 6) is 0. The largest absolute Gasteiger partial charge is 0.311 e. The van der Waals surface area contributed by atoms with E-state index in [4.69, 9.17) is 0 Å². The van der Waals surface area contributed by atoms with Gasteiger partial charge in [-0.25, -0.2) is 0 Å². The Bertz CT molecular complexity index is 1570. The van der Waals surface area contributed by atoms with Crippen molar-refractivity contribution in [1.82, 2.24) is 0 Å².